The van der Waals surface area contributed by atoms with Crippen molar-refractivity contribution in [3.63, 3.8) is 0 Å². The molecule has 0 radical (unpaired) electrons. The zero-order chi connectivity index (χ0) is 26.7. The van der Waals surface area contributed by atoms with Crippen LogP contribution in [0.2, 0.25) is 0 Å². The number of nitriles is 1. The second kappa shape index (κ2) is 11.1. The fourth-order valence-electron chi connectivity index (χ4n) is 4.43. The van der Waals surface area contributed by atoms with Crippen molar-refractivity contribution in [2.24, 2.45) is 5.73 Å². The van der Waals surface area contributed by atoms with Gasteiger partial charge in [0.15, 0.2) is 21.6 Å². The molecule has 11 nitrogen and oxygen atoms in total. The number of nitrogens with zero attached hydrogens (tertiary/aromatic N) is 4. The van der Waals surface area contributed by atoms with E-state index in [0.717, 1.165) is 0 Å². The summed E-state index contributed by atoms with van der Waals surface area (Å²) in [6.45, 7) is 0. The molecule has 1 aromatic heterocycles. The van der Waals surface area contributed by atoms with Crippen molar-refractivity contribution >= 4 is 40.0 Å². The van der Waals surface area contributed by atoms with E-state index in [0.29, 0.717) is 62.8 Å². The molecule has 0 amide bonds. The lowest BCUT2D eigenvalue weighted by Gasteiger charge is -2.38. The number of carbonyl (C=O) groups excluding carboxylic acids is 2. The summed E-state index contributed by atoms with van der Waals surface area (Å²) in [6, 6.07) is 5.59. The molecule has 1 unspecified atom stereocenters. The van der Waals surface area contributed by atoms with Crippen LogP contribution in [0.3, 0.4) is 0 Å². The highest BCUT2D eigenvalue weighted by Gasteiger charge is 2.42. The maximum atomic E-state index is 13.4. The number of ketones is 1. The molecule has 1 aliphatic heterocycles. The van der Waals surface area contributed by atoms with Gasteiger partial charge < -0.3 is 24.7 Å². The first-order chi connectivity index (χ1) is 17.9. The number of allylic oxidation sites excluding steroid dienone is 3. The fraction of sp³-hybridized carbons (Fsp3) is 0.375. The third-order valence-corrected chi connectivity index (χ3v) is 8.10. The zero-order valence-corrected chi connectivity index (χ0v) is 22.3. The van der Waals surface area contributed by atoms with E-state index < -0.39 is 5.92 Å². The van der Waals surface area contributed by atoms with Crippen molar-refractivity contribution in [1.29, 1.82) is 5.26 Å². The first kappa shape index (κ1) is 26.3. The molecule has 1 aliphatic carbocycles. The number of aromatic nitrogens is 2. The molecule has 2 N–H and O–H groups in total. The Balaban J connectivity index is 1.87. The highest BCUT2D eigenvalue weighted by Crippen LogP contribution is 2.50. The number of hydrogen-bond acceptors (Lipinski definition) is 13. The molecule has 2 aromatic rings. The van der Waals surface area contributed by atoms with Crippen LogP contribution in [0.5, 0.6) is 17.2 Å². The van der Waals surface area contributed by atoms with Crippen molar-refractivity contribution in [2.45, 2.75) is 29.5 Å². The minimum Gasteiger partial charge on any atom is -0.496 e. The van der Waals surface area contributed by atoms with E-state index in [1.54, 1.807) is 17.0 Å². The molecule has 0 saturated carbocycles. The van der Waals surface area contributed by atoms with Gasteiger partial charge in [-0.1, -0.05) is 23.1 Å². The third kappa shape index (κ3) is 4.82. The maximum Gasteiger partial charge on any atom is 0.316 e. The van der Waals surface area contributed by atoms with Crippen molar-refractivity contribution < 1.29 is 28.5 Å². The maximum absolute atomic E-state index is 13.4. The largest absolute Gasteiger partial charge is 0.496 e. The number of hydrogen-bond donors (Lipinski definition) is 1. The van der Waals surface area contributed by atoms with E-state index in [1.165, 1.54) is 51.5 Å². The highest BCUT2D eigenvalue weighted by atomic mass is 32.2. The first-order valence-electron chi connectivity index (χ1n) is 11.2. The SMILES string of the molecule is COC(=O)CSc1nnc(N2C(N)=C(C#N)C(c3cc(OC)c(OC)cc3OC)C3=C2CCCC3=O)s1. The van der Waals surface area contributed by atoms with Gasteiger partial charge in [-0.25, -0.2) is 0 Å². The van der Waals surface area contributed by atoms with Crippen LogP contribution in [0.1, 0.15) is 30.7 Å². The van der Waals surface area contributed by atoms with Gasteiger partial charge >= 0.3 is 5.97 Å². The Morgan fingerprint density at radius 2 is 1.86 bits per heavy atom. The van der Waals surface area contributed by atoms with E-state index in [9.17, 15) is 14.9 Å². The first-order valence-corrected chi connectivity index (χ1v) is 13.0. The van der Waals surface area contributed by atoms with Crippen LogP contribution >= 0.6 is 23.1 Å². The molecule has 4 rings (SSSR count). The average Bonchev–Trinajstić information content (AvgIpc) is 3.38. The minimum absolute atomic E-state index is 0.0769. The van der Waals surface area contributed by atoms with Gasteiger partial charge in [-0.15, -0.1) is 10.2 Å². The van der Waals surface area contributed by atoms with Crippen LogP contribution in [0.25, 0.3) is 0 Å². The molecule has 194 valence electrons. The summed E-state index contributed by atoms with van der Waals surface area (Å²) in [5.74, 6) is 0.300. The number of methoxy groups -OCH3 is 4. The summed E-state index contributed by atoms with van der Waals surface area (Å²) >= 11 is 2.39. The van der Waals surface area contributed by atoms with E-state index in [2.05, 4.69) is 21.0 Å². The summed E-state index contributed by atoms with van der Waals surface area (Å²) < 4.78 is 21.7. The molecule has 1 aromatic carbocycles. The number of carbonyl (C=O) groups is 2. The monoisotopic (exact) mass is 543 g/mol. The number of thioether (sulfide) groups is 1. The van der Waals surface area contributed by atoms with E-state index in [-0.39, 0.29) is 28.9 Å². The fourth-order valence-corrected chi connectivity index (χ4v) is 6.14. The van der Waals surface area contributed by atoms with Crippen molar-refractivity contribution in [1.82, 2.24) is 10.2 Å². The molecule has 0 fully saturated rings. The summed E-state index contributed by atoms with van der Waals surface area (Å²) in [5, 5.41) is 19.1. The Hall–Kier alpha value is -3.76. The van der Waals surface area contributed by atoms with Crippen LogP contribution in [-0.4, -0.2) is 56.1 Å². The van der Waals surface area contributed by atoms with Crippen molar-refractivity contribution in [3.8, 4) is 23.3 Å². The van der Waals surface area contributed by atoms with Crippen LogP contribution in [0, 0.1) is 11.3 Å². The highest BCUT2D eigenvalue weighted by molar-refractivity contribution is 8.01. The van der Waals surface area contributed by atoms with Gasteiger partial charge in [-0.2, -0.15) is 5.26 Å². The summed E-state index contributed by atoms with van der Waals surface area (Å²) in [4.78, 5) is 26.6. The molecule has 1 atom stereocenters. The molecule has 0 saturated heterocycles. The Morgan fingerprint density at radius 1 is 1.16 bits per heavy atom. The zero-order valence-electron chi connectivity index (χ0n) is 20.7. The van der Waals surface area contributed by atoms with Crippen LogP contribution < -0.4 is 24.8 Å². The number of anilines is 1. The van der Waals surface area contributed by atoms with Gasteiger partial charge in [0.05, 0.1) is 51.8 Å². The quantitative estimate of drug-likeness (QED) is 0.385. The van der Waals surface area contributed by atoms with Crippen LogP contribution in [0.4, 0.5) is 5.13 Å². The van der Waals surface area contributed by atoms with Gasteiger partial charge in [0.25, 0.3) is 0 Å². The van der Waals surface area contributed by atoms with Gasteiger partial charge in [0, 0.05) is 29.3 Å². The van der Waals surface area contributed by atoms with Crippen molar-refractivity contribution in [3.05, 3.63) is 40.4 Å². The molecule has 2 heterocycles. The van der Waals surface area contributed by atoms with Crippen LogP contribution in [0.15, 0.2) is 39.1 Å². The van der Waals surface area contributed by atoms with Gasteiger partial charge in [0.2, 0.25) is 5.13 Å². The molecular formula is C24H25N5O6S2. The molecule has 37 heavy (non-hydrogen) atoms. The standard InChI is InChI=1S/C24H25N5O6S2/c1-32-16-9-18(34-3)17(33-2)8-12(16)20-13(10-25)22(26)29(14-6-5-7-15(30)21(14)20)23-27-28-24(37-23)36-11-19(31)35-4/h8-9,20H,5-7,11,26H2,1-4H3. The molecule has 13 heteroatoms. The predicted molar refractivity (Wildman–Crippen MR) is 137 cm³/mol. The number of Topliss-reactive ketones (excluding diaryl/α,β-unsaturated/α-hetero) is 1. The lowest BCUT2D eigenvalue weighted by atomic mass is 9.75. The predicted octanol–water partition coefficient (Wildman–Crippen LogP) is 3.13. The minimum atomic E-state index is -0.764. The second-order valence-corrected chi connectivity index (χ2v) is 10.2. The molecule has 2 aliphatic rings. The van der Waals surface area contributed by atoms with Gasteiger partial charge in [-0.3, -0.25) is 14.5 Å². The summed E-state index contributed by atoms with van der Waals surface area (Å²) in [5.41, 5.74) is 8.48. The lowest BCUT2D eigenvalue weighted by molar-refractivity contribution is -0.137. The number of esters is 1. The Bertz CT molecular complexity index is 1350. The normalized spacial score (nSPS) is 17.3. The van der Waals surface area contributed by atoms with Gasteiger partial charge in [-0.05, 0) is 18.9 Å². The molecular weight excluding hydrogens is 518 g/mol. The molecule has 0 bridgehead atoms. The topological polar surface area (TPSA) is 150 Å². The number of rotatable bonds is 8. The average molecular weight is 544 g/mol. The lowest BCUT2D eigenvalue weighted by Crippen LogP contribution is -2.38. The number of benzene rings is 1. The smallest absolute Gasteiger partial charge is 0.316 e. The Kier molecular flexibility index (Phi) is 7.89. The number of nitrogens with two attached hydrogens (primary N) is 1. The summed E-state index contributed by atoms with van der Waals surface area (Å²) in [7, 11) is 5.84. The number of ether oxygens (including phenoxy) is 4. The summed E-state index contributed by atoms with van der Waals surface area (Å²) in [6.07, 6.45) is 1.52. The van der Waals surface area contributed by atoms with Crippen molar-refractivity contribution in [2.75, 3.05) is 39.1 Å². The van der Waals surface area contributed by atoms with Gasteiger partial charge in [0.1, 0.15) is 11.6 Å². The van der Waals surface area contributed by atoms with Crippen LogP contribution in [-0.2, 0) is 14.3 Å². The second-order valence-electron chi connectivity index (χ2n) is 7.98. The Labute approximate surface area is 221 Å². The van der Waals surface area contributed by atoms with E-state index in [4.69, 9.17) is 19.9 Å². The van der Waals surface area contributed by atoms with E-state index >= 15 is 0 Å². The Morgan fingerprint density at radius 3 is 2.51 bits per heavy atom. The molecule has 0 spiro atoms. The third-order valence-electron chi connectivity index (χ3n) is 6.09. The van der Waals surface area contributed by atoms with E-state index in [1.807, 2.05) is 0 Å².